The van der Waals surface area contributed by atoms with E-state index in [0.717, 1.165) is 0 Å². The van der Waals surface area contributed by atoms with Crippen LogP contribution in [0.3, 0.4) is 0 Å². The van der Waals surface area contributed by atoms with Crippen LogP contribution in [0.4, 0.5) is 0 Å². The molecule has 0 heterocycles. The van der Waals surface area contributed by atoms with Crippen LogP contribution in [-0.4, -0.2) is 17.5 Å². The summed E-state index contributed by atoms with van der Waals surface area (Å²) < 4.78 is 34.1. The maximum absolute atomic E-state index is 8.52. The predicted octanol–water partition coefficient (Wildman–Crippen LogP) is -1.34. The van der Waals surface area contributed by atoms with Crippen molar-refractivity contribution in [2.45, 2.75) is 0 Å². The average Bonchev–Trinajstić information content (AvgIpc) is 0.722. The monoisotopic (exact) mass is 218 g/mol. The molecule has 0 bridgehead atoms. The fraction of sp³-hybridized carbons (Fsp3) is 0. The Balaban J connectivity index is -0.0000000800. The molecule has 2 radical (unpaired) electrons. The van der Waals surface area contributed by atoms with Crippen LogP contribution in [0.15, 0.2) is 0 Å². The zero-order chi connectivity index (χ0) is 4.50. The summed E-state index contributed by atoms with van der Waals surface area (Å²) in [6.45, 7) is 0. The Bertz CT molecular complexity index is 94.9. The van der Waals surface area contributed by atoms with Gasteiger partial charge in [0.2, 0.25) is 0 Å². The molecule has 0 aliphatic rings. The van der Waals surface area contributed by atoms with E-state index in [-0.39, 0.29) is 33.8 Å². The van der Waals surface area contributed by atoms with Gasteiger partial charge in [0, 0.05) is 27.2 Å². The van der Waals surface area contributed by atoms with Crippen LogP contribution in [0.25, 0.3) is 0 Å². The molecule has 0 N–H and O–H groups in total. The molecule has 0 atom stereocenters. The van der Waals surface area contributed by atoms with E-state index in [0.29, 0.717) is 0 Å². The Labute approximate surface area is 61.9 Å². The van der Waals surface area contributed by atoms with E-state index in [4.69, 9.17) is 17.5 Å². The Morgan fingerprint density at radius 3 is 1.14 bits per heavy atom. The van der Waals surface area contributed by atoms with Crippen LogP contribution >= 0.6 is 0 Å². The maximum atomic E-state index is 8.52. The predicted molar refractivity (Wildman–Crippen MR) is 10.5 cm³/mol. The molecule has 7 heteroatoms. The minimum atomic E-state index is -5.17. The SMILES string of the molecule is O=S(=O)([O-])[O-].[Co].[Cu+2]. The molecule has 0 aromatic carbocycles. The molecule has 0 spiro atoms. The first-order chi connectivity index (χ1) is 2.00. The van der Waals surface area contributed by atoms with E-state index in [1.165, 1.54) is 0 Å². The Morgan fingerprint density at radius 1 is 1.14 bits per heavy atom. The smallest absolute Gasteiger partial charge is 0.759 e. The first-order valence-corrected chi connectivity index (χ1v) is 2.00. The van der Waals surface area contributed by atoms with Crippen LogP contribution in [0.2, 0.25) is 0 Å². The summed E-state index contributed by atoms with van der Waals surface area (Å²) in [4.78, 5) is 0. The molecule has 0 amide bonds. The summed E-state index contributed by atoms with van der Waals surface area (Å²) >= 11 is 0. The molecule has 0 aromatic heterocycles. The van der Waals surface area contributed by atoms with Gasteiger partial charge in [0.05, 0.1) is 0 Å². The van der Waals surface area contributed by atoms with Gasteiger partial charge in [-0.25, -0.2) is 0 Å². The first kappa shape index (κ1) is 15.7. The average molecular weight is 219 g/mol. The minimum Gasteiger partial charge on any atom is -0.759 e. The van der Waals surface area contributed by atoms with Crippen molar-refractivity contribution in [1.82, 2.24) is 0 Å². The van der Waals surface area contributed by atoms with Crippen molar-refractivity contribution in [3.05, 3.63) is 0 Å². The van der Waals surface area contributed by atoms with Gasteiger partial charge >= 0.3 is 17.1 Å². The van der Waals surface area contributed by atoms with Crippen molar-refractivity contribution >= 4 is 10.4 Å². The zero-order valence-electron chi connectivity index (χ0n) is 2.68. The van der Waals surface area contributed by atoms with E-state index >= 15 is 0 Å². The molecule has 0 rings (SSSR count). The van der Waals surface area contributed by atoms with E-state index in [1.807, 2.05) is 0 Å². The molecule has 4 nitrogen and oxygen atoms in total. The standard InChI is InChI=1S/Co.Cu.H2O4S/c;;1-5(2,3)4/h;;(H2,1,2,3,4)/q;+2;/p-2. The molecule has 0 saturated heterocycles. The third-order valence-electron chi connectivity index (χ3n) is 0. The molecule has 50 valence electrons. The summed E-state index contributed by atoms with van der Waals surface area (Å²) in [5, 5.41) is 0. The Kier molecular flexibility index (Phi) is 11.3. The molecule has 0 saturated carbocycles. The fourth-order valence-corrected chi connectivity index (χ4v) is 0. The van der Waals surface area contributed by atoms with E-state index < -0.39 is 10.4 Å². The minimum absolute atomic E-state index is 0. The quantitative estimate of drug-likeness (QED) is 0.286. The molecule has 7 heavy (non-hydrogen) atoms. The summed E-state index contributed by atoms with van der Waals surface area (Å²) in [6, 6.07) is 0. The van der Waals surface area contributed by atoms with Crippen molar-refractivity contribution in [3.63, 3.8) is 0 Å². The zero-order valence-corrected chi connectivity index (χ0v) is 5.48. The summed E-state index contributed by atoms with van der Waals surface area (Å²) in [6.07, 6.45) is 0. The molecule has 0 aliphatic heterocycles. The van der Waals surface area contributed by atoms with E-state index in [2.05, 4.69) is 0 Å². The van der Waals surface area contributed by atoms with Gasteiger partial charge in [0.1, 0.15) is 0 Å². The van der Waals surface area contributed by atoms with Gasteiger partial charge in [-0.3, -0.25) is 8.42 Å². The van der Waals surface area contributed by atoms with Gasteiger partial charge in [-0.05, 0) is 0 Å². The Hall–Kier alpha value is 0.896. The summed E-state index contributed by atoms with van der Waals surface area (Å²) in [5.74, 6) is 0. The fourth-order valence-electron chi connectivity index (χ4n) is 0. The topological polar surface area (TPSA) is 80.3 Å². The molecule has 0 unspecified atom stereocenters. The van der Waals surface area contributed by atoms with Crippen molar-refractivity contribution in [1.29, 1.82) is 0 Å². The number of hydrogen-bond acceptors (Lipinski definition) is 4. The second-order valence-corrected chi connectivity index (χ2v) is 1.22. The van der Waals surface area contributed by atoms with E-state index in [1.54, 1.807) is 0 Å². The third kappa shape index (κ3) is 206. The van der Waals surface area contributed by atoms with Gasteiger partial charge in [-0.2, -0.15) is 0 Å². The molecule has 0 aromatic rings. The second kappa shape index (κ2) is 5.04. The van der Waals surface area contributed by atoms with Crippen molar-refractivity contribution in [2.24, 2.45) is 0 Å². The molecule has 0 fully saturated rings. The van der Waals surface area contributed by atoms with E-state index in [9.17, 15) is 0 Å². The van der Waals surface area contributed by atoms with Gasteiger partial charge < -0.3 is 9.11 Å². The van der Waals surface area contributed by atoms with Gasteiger partial charge in [-0.15, -0.1) is 0 Å². The third-order valence-corrected chi connectivity index (χ3v) is 0. The van der Waals surface area contributed by atoms with Crippen LogP contribution in [-0.2, 0) is 44.2 Å². The van der Waals surface area contributed by atoms with Gasteiger partial charge in [-0.1, -0.05) is 0 Å². The normalized spacial score (nSPS) is 8.29. The van der Waals surface area contributed by atoms with Crippen LogP contribution in [0.1, 0.15) is 0 Å². The van der Waals surface area contributed by atoms with Crippen LogP contribution < -0.4 is 0 Å². The van der Waals surface area contributed by atoms with Crippen LogP contribution in [0.5, 0.6) is 0 Å². The second-order valence-electron chi connectivity index (χ2n) is 0.408. The largest absolute Gasteiger partial charge is 2.00 e. The summed E-state index contributed by atoms with van der Waals surface area (Å²) in [5.41, 5.74) is 0. The number of hydrogen-bond donors (Lipinski definition) is 0. The molecule has 0 aliphatic carbocycles. The van der Waals surface area contributed by atoms with Crippen molar-refractivity contribution in [2.75, 3.05) is 0 Å². The van der Waals surface area contributed by atoms with Crippen molar-refractivity contribution < 1.29 is 51.4 Å². The summed E-state index contributed by atoms with van der Waals surface area (Å²) in [7, 11) is -5.17. The molecular formula is CoCuO4S. The number of rotatable bonds is 0. The van der Waals surface area contributed by atoms with Crippen LogP contribution in [0, 0.1) is 0 Å². The van der Waals surface area contributed by atoms with Gasteiger partial charge in [0.15, 0.2) is 0 Å². The first-order valence-electron chi connectivity index (χ1n) is 0.667. The maximum Gasteiger partial charge on any atom is 2.00 e. The Morgan fingerprint density at radius 2 is 1.14 bits per heavy atom. The van der Waals surface area contributed by atoms with Crippen molar-refractivity contribution in [3.8, 4) is 0 Å². The molecular weight excluding hydrogens is 219 g/mol. The van der Waals surface area contributed by atoms with Gasteiger partial charge in [0.25, 0.3) is 0 Å².